The number of nitrogens with one attached hydrogen (secondary N) is 2. The van der Waals surface area contributed by atoms with E-state index in [0.29, 0.717) is 12.3 Å². The summed E-state index contributed by atoms with van der Waals surface area (Å²) in [4.78, 5) is 16.1. The van der Waals surface area contributed by atoms with Crippen LogP contribution in [0.25, 0.3) is 10.9 Å². The summed E-state index contributed by atoms with van der Waals surface area (Å²) in [6.07, 6.45) is 4.86. The number of aliphatic hydroxyl groups excluding tert-OH is 1. The highest BCUT2D eigenvalue weighted by Gasteiger charge is 2.22. The summed E-state index contributed by atoms with van der Waals surface area (Å²) < 4.78 is 0. The number of carbonyl (C=O) groups excluding carboxylic acids is 1. The summed E-state index contributed by atoms with van der Waals surface area (Å²) in [6.45, 7) is 4.44. The lowest BCUT2D eigenvalue weighted by atomic mass is 9.87. The molecule has 1 aliphatic carbocycles. The summed E-state index contributed by atoms with van der Waals surface area (Å²) in [6, 6.07) is 6.05. The zero-order chi connectivity index (χ0) is 16.4. The van der Waals surface area contributed by atoms with Crippen molar-refractivity contribution in [2.45, 2.75) is 52.0 Å². The van der Waals surface area contributed by atoms with E-state index in [-0.39, 0.29) is 18.6 Å². The Labute approximate surface area is 137 Å². The maximum atomic E-state index is 12.6. The fourth-order valence-corrected chi connectivity index (χ4v) is 3.58. The van der Waals surface area contributed by atoms with Crippen LogP contribution in [0.3, 0.4) is 0 Å². The Hall–Kier alpha value is -1.81. The Bertz CT molecular complexity index is 705. The Kier molecular flexibility index (Phi) is 4.71. The molecule has 0 fully saturated rings. The molecule has 4 nitrogen and oxygen atoms in total. The molecular weight excluding hydrogens is 288 g/mol. The average Bonchev–Trinajstić information content (AvgIpc) is 2.90. The lowest BCUT2D eigenvalue weighted by Gasteiger charge is -2.18. The summed E-state index contributed by atoms with van der Waals surface area (Å²) in [5.74, 6) is 0.671. The number of amides is 1. The highest BCUT2D eigenvalue weighted by Crippen LogP contribution is 2.32. The van der Waals surface area contributed by atoms with E-state index in [9.17, 15) is 4.79 Å². The number of aromatic nitrogens is 1. The van der Waals surface area contributed by atoms with Gasteiger partial charge in [0.15, 0.2) is 0 Å². The summed E-state index contributed by atoms with van der Waals surface area (Å²) in [7, 11) is 0. The Morgan fingerprint density at radius 1 is 1.48 bits per heavy atom. The van der Waals surface area contributed by atoms with Crippen LogP contribution >= 0.6 is 0 Å². The second-order valence-corrected chi connectivity index (χ2v) is 6.90. The molecule has 0 radical (unpaired) electrons. The number of rotatable bonds is 5. The molecule has 0 aliphatic heterocycles. The molecule has 3 N–H and O–H groups in total. The molecule has 0 saturated carbocycles. The van der Waals surface area contributed by atoms with Crippen molar-refractivity contribution in [3.8, 4) is 0 Å². The van der Waals surface area contributed by atoms with Gasteiger partial charge in [0.05, 0.1) is 11.1 Å². The van der Waals surface area contributed by atoms with Crippen LogP contribution in [-0.2, 0) is 12.8 Å². The molecule has 2 aromatic rings. The SMILES string of the molecule is C[C@H]1CCc2[nH]c3c(C(=O)N[C@H](C)CCCO)cccc3c2C1. The molecule has 1 amide bonds. The van der Waals surface area contributed by atoms with Crippen LogP contribution < -0.4 is 5.32 Å². The van der Waals surface area contributed by atoms with Crippen LogP contribution in [0.1, 0.15) is 54.7 Å². The van der Waals surface area contributed by atoms with Crippen molar-refractivity contribution in [3.63, 3.8) is 0 Å². The van der Waals surface area contributed by atoms with E-state index in [1.165, 1.54) is 23.1 Å². The van der Waals surface area contributed by atoms with Crippen molar-refractivity contribution in [2.24, 2.45) is 5.92 Å². The first kappa shape index (κ1) is 16.1. The normalized spacial score (nSPS) is 18.7. The number of para-hydroxylation sites is 1. The van der Waals surface area contributed by atoms with Gasteiger partial charge in [-0.05, 0) is 56.6 Å². The molecule has 23 heavy (non-hydrogen) atoms. The van der Waals surface area contributed by atoms with Gasteiger partial charge in [0, 0.05) is 23.7 Å². The second kappa shape index (κ2) is 6.75. The number of hydrogen-bond acceptors (Lipinski definition) is 2. The number of hydrogen-bond donors (Lipinski definition) is 3. The molecule has 4 heteroatoms. The van der Waals surface area contributed by atoms with Crippen LogP contribution in [0.15, 0.2) is 18.2 Å². The molecule has 1 heterocycles. The van der Waals surface area contributed by atoms with Gasteiger partial charge in [0.1, 0.15) is 0 Å². The first-order valence-corrected chi connectivity index (χ1v) is 8.64. The summed E-state index contributed by atoms with van der Waals surface area (Å²) >= 11 is 0. The second-order valence-electron chi connectivity index (χ2n) is 6.90. The highest BCUT2D eigenvalue weighted by atomic mass is 16.3. The molecular formula is C19H26N2O2. The fourth-order valence-electron chi connectivity index (χ4n) is 3.58. The van der Waals surface area contributed by atoms with Crippen molar-refractivity contribution in [3.05, 3.63) is 35.0 Å². The highest BCUT2D eigenvalue weighted by molar-refractivity contribution is 6.06. The minimum absolute atomic E-state index is 0.0346. The van der Waals surface area contributed by atoms with Crippen LogP contribution in [0.5, 0.6) is 0 Å². The zero-order valence-corrected chi connectivity index (χ0v) is 14.0. The Morgan fingerprint density at radius 3 is 3.09 bits per heavy atom. The summed E-state index contributed by atoms with van der Waals surface area (Å²) in [5, 5.41) is 13.1. The number of fused-ring (bicyclic) bond motifs is 3. The third-order valence-corrected chi connectivity index (χ3v) is 4.89. The molecule has 124 valence electrons. The smallest absolute Gasteiger partial charge is 0.253 e. The van der Waals surface area contributed by atoms with Gasteiger partial charge in [-0.3, -0.25) is 4.79 Å². The third kappa shape index (κ3) is 3.27. The quantitative estimate of drug-likeness (QED) is 0.793. The minimum Gasteiger partial charge on any atom is -0.396 e. The van der Waals surface area contributed by atoms with Gasteiger partial charge in [-0.1, -0.05) is 19.1 Å². The zero-order valence-electron chi connectivity index (χ0n) is 14.0. The number of aliphatic hydroxyl groups is 1. The van der Waals surface area contributed by atoms with Crippen molar-refractivity contribution in [2.75, 3.05) is 6.61 Å². The van der Waals surface area contributed by atoms with Crippen molar-refractivity contribution < 1.29 is 9.90 Å². The van der Waals surface area contributed by atoms with E-state index >= 15 is 0 Å². The monoisotopic (exact) mass is 314 g/mol. The van der Waals surface area contributed by atoms with Gasteiger partial charge in [0.2, 0.25) is 0 Å². The van der Waals surface area contributed by atoms with Crippen molar-refractivity contribution in [1.29, 1.82) is 0 Å². The van der Waals surface area contributed by atoms with E-state index in [1.54, 1.807) is 0 Å². The predicted octanol–water partition coefficient (Wildman–Crippen LogP) is 3.18. The molecule has 0 bridgehead atoms. The van der Waals surface area contributed by atoms with E-state index in [4.69, 9.17) is 5.11 Å². The minimum atomic E-state index is -0.0346. The summed E-state index contributed by atoms with van der Waals surface area (Å²) in [5.41, 5.74) is 4.38. The van der Waals surface area contributed by atoms with Gasteiger partial charge in [-0.15, -0.1) is 0 Å². The average molecular weight is 314 g/mol. The molecule has 1 aliphatic rings. The van der Waals surface area contributed by atoms with Gasteiger partial charge in [-0.25, -0.2) is 0 Å². The molecule has 0 saturated heterocycles. The molecule has 1 aromatic heterocycles. The van der Waals surface area contributed by atoms with Crippen LogP contribution in [0.2, 0.25) is 0 Å². The van der Waals surface area contributed by atoms with Gasteiger partial charge < -0.3 is 15.4 Å². The van der Waals surface area contributed by atoms with E-state index in [1.807, 2.05) is 19.1 Å². The Balaban J connectivity index is 1.88. The van der Waals surface area contributed by atoms with Gasteiger partial charge in [0.25, 0.3) is 5.91 Å². The Morgan fingerprint density at radius 2 is 2.30 bits per heavy atom. The number of aromatic amines is 1. The fraction of sp³-hybridized carbons (Fsp3) is 0.526. The first-order chi connectivity index (χ1) is 11.1. The van der Waals surface area contributed by atoms with Crippen LogP contribution in [-0.4, -0.2) is 28.6 Å². The number of benzene rings is 1. The predicted molar refractivity (Wildman–Crippen MR) is 92.7 cm³/mol. The van der Waals surface area contributed by atoms with E-state index in [0.717, 1.165) is 30.3 Å². The van der Waals surface area contributed by atoms with E-state index < -0.39 is 0 Å². The van der Waals surface area contributed by atoms with E-state index in [2.05, 4.69) is 23.3 Å². The lowest BCUT2D eigenvalue weighted by Crippen LogP contribution is -2.32. The maximum absolute atomic E-state index is 12.6. The van der Waals surface area contributed by atoms with Gasteiger partial charge in [-0.2, -0.15) is 0 Å². The van der Waals surface area contributed by atoms with Gasteiger partial charge >= 0.3 is 0 Å². The molecule has 3 rings (SSSR count). The largest absolute Gasteiger partial charge is 0.396 e. The first-order valence-electron chi connectivity index (χ1n) is 8.64. The maximum Gasteiger partial charge on any atom is 0.253 e. The lowest BCUT2D eigenvalue weighted by molar-refractivity contribution is 0.0938. The molecule has 0 unspecified atom stereocenters. The topological polar surface area (TPSA) is 65.1 Å². The number of aryl methyl sites for hydroxylation is 1. The van der Waals surface area contributed by atoms with Crippen LogP contribution in [0, 0.1) is 5.92 Å². The van der Waals surface area contributed by atoms with Crippen molar-refractivity contribution >= 4 is 16.8 Å². The third-order valence-electron chi connectivity index (χ3n) is 4.89. The number of carbonyl (C=O) groups is 1. The molecule has 0 spiro atoms. The van der Waals surface area contributed by atoms with Crippen LogP contribution in [0.4, 0.5) is 0 Å². The molecule has 1 aromatic carbocycles. The standard InChI is InChI=1S/C19H26N2O2/c1-12-8-9-17-16(11-12)14-6-3-7-15(18(14)21-17)19(23)20-13(2)5-4-10-22/h3,6-7,12-13,21-22H,4-5,8-11H2,1-2H3,(H,20,23)/t12-,13+/m0/s1. The molecule has 2 atom stereocenters. The van der Waals surface area contributed by atoms with Crippen molar-refractivity contribution in [1.82, 2.24) is 10.3 Å². The number of H-pyrrole nitrogens is 1.